The Balaban J connectivity index is 2.31. The highest BCUT2D eigenvalue weighted by Gasteiger charge is 2.37. The highest BCUT2D eigenvalue weighted by Crippen LogP contribution is 2.43. The van der Waals surface area contributed by atoms with Crippen molar-refractivity contribution in [3.05, 3.63) is 49.4 Å². The number of hydrogen-bond donors (Lipinski definition) is 1. The minimum Gasteiger partial charge on any atom is -0.337 e. The minimum absolute atomic E-state index is 0.0137. The number of H-pyrrole nitrogens is 1. The first kappa shape index (κ1) is 20.4. The number of aromatic amines is 1. The molecule has 3 aromatic rings. The van der Waals surface area contributed by atoms with Gasteiger partial charge < -0.3 is 4.98 Å². The molecule has 12 heteroatoms. The van der Waals surface area contributed by atoms with Crippen molar-refractivity contribution in [2.24, 2.45) is 0 Å². The molecule has 0 fully saturated rings. The summed E-state index contributed by atoms with van der Waals surface area (Å²) < 4.78 is 78.1. The highest BCUT2D eigenvalue weighted by molar-refractivity contribution is 6.55. The van der Waals surface area contributed by atoms with Crippen molar-refractivity contribution in [2.45, 2.75) is 12.4 Å². The lowest BCUT2D eigenvalue weighted by molar-refractivity contribution is -0.143. The van der Waals surface area contributed by atoms with E-state index in [9.17, 15) is 26.3 Å². The van der Waals surface area contributed by atoms with E-state index in [2.05, 4.69) is 9.97 Å². The third kappa shape index (κ3) is 3.68. The summed E-state index contributed by atoms with van der Waals surface area (Å²) >= 11 is 23.8. The Kier molecular flexibility index (Phi) is 5.00. The largest absolute Gasteiger partial charge is 0.416 e. The Morgan fingerprint density at radius 1 is 0.704 bits per heavy atom. The number of rotatable bonds is 1. The standard InChI is InChI=1S/C15H4Cl4F6N2/c16-7-8(17)10(19)12-11(9(7)18)26-13(27-12)4-1-5(14(20,21)22)3-6(2-4)15(23,24)25/h1-3H,(H,26,27). The number of fused-ring (bicyclic) bond motifs is 1. The van der Waals surface area contributed by atoms with Crippen LogP contribution >= 0.6 is 46.4 Å². The second-order valence-corrected chi connectivity index (χ2v) is 6.87. The van der Waals surface area contributed by atoms with Crippen LogP contribution in [0.3, 0.4) is 0 Å². The normalized spacial score (nSPS) is 12.8. The van der Waals surface area contributed by atoms with Crippen LogP contribution in [0.2, 0.25) is 20.1 Å². The average Bonchev–Trinajstić information content (AvgIpc) is 3.01. The summed E-state index contributed by atoms with van der Waals surface area (Å²) in [6, 6.07) is 1.07. The van der Waals surface area contributed by atoms with Crippen LogP contribution in [0.4, 0.5) is 26.3 Å². The van der Waals surface area contributed by atoms with Gasteiger partial charge in [-0.25, -0.2) is 4.98 Å². The maximum absolute atomic E-state index is 13.0. The molecule has 0 spiro atoms. The number of imidazole rings is 1. The third-order valence-electron chi connectivity index (χ3n) is 3.57. The van der Waals surface area contributed by atoms with E-state index >= 15 is 0 Å². The second kappa shape index (κ2) is 6.62. The van der Waals surface area contributed by atoms with Crippen LogP contribution < -0.4 is 0 Å². The molecule has 0 aliphatic heterocycles. The number of nitrogens with zero attached hydrogens (tertiary/aromatic N) is 1. The number of hydrogen-bond acceptors (Lipinski definition) is 1. The molecule has 0 saturated heterocycles. The molecule has 144 valence electrons. The van der Waals surface area contributed by atoms with E-state index < -0.39 is 29.0 Å². The number of nitrogens with one attached hydrogen (secondary N) is 1. The van der Waals surface area contributed by atoms with Crippen LogP contribution in [-0.4, -0.2) is 9.97 Å². The molecule has 1 aromatic heterocycles. The summed E-state index contributed by atoms with van der Waals surface area (Å²) in [4.78, 5) is 6.48. The van der Waals surface area contributed by atoms with Gasteiger partial charge in [0.05, 0.1) is 36.7 Å². The lowest BCUT2D eigenvalue weighted by Gasteiger charge is -2.13. The number of halogens is 10. The van der Waals surface area contributed by atoms with Crippen molar-refractivity contribution in [2.75, 3.05) is 0 Å². The molecule has 2 aromatic carbocycles. The minimum atomic E-state index is -5.00. The van der Waals surface area contributed by atoms with Crippen molar-refractivity contribution in [1.29, 1.82) is 0 Å². The highest BCUT2D eigenvalue weighted by atomic mass is 35.5. The zero-order valence-corrected chi connectivity index (χ0v) is 15.5. The first-order valence-electron chi connectivity index (χ1n) is 6.82. The molecule has 0 amide bonds. The monoisotopic (exact) mass is 466 g/mol. The lowest BCUT2D eigenvalue weighted by atomic mass is 10.0. The molecule has 0 saturated carbocycles. The Labute approximate surface area is 167 Å². The van der Waals surface area contributed by atoms with Crippen LogP contribution in [0.5, 0.6) is 0 Å². The summed E-state index contributed by atoms with van der Waals surface area (Å²) in [5.74, 6) is -0.316. The Hall–Kier alpha value is -1.35. The molecule has 3 rings (SSSR count). The van der Waals surface area contributed by atoms with Gasteiger partial charge in [-0.15, -0.1) is 0 Å². The molecule has 27 heavy (non-hydrogen) atoms. The maximum Gasteiger partial charge on any atom is 0.416 e. The van der Waals surface area contributed by atoms with E-state index in [1.54, 1.807) is 0 Å². The zero-order valence-electron chi connectivity index (χ0n) is 12.5. The molecular weight excluding hydrogens is 464 g/mol. The Morgan fingerprint density at radius 3 is 1.67 bits per heavy atom. The number of alkyl halides is 6. The quantitative estimate of drug-likeness (QED) is 0.220. The average molecular weight is 468 g/mol. The third-order valence-corrected chi connectivity index (χ3v) is 5.36. The van der Waals surface area contributed by atoms with Crippen LogP contribution in [0.1, 0.15) is 11.1 Å². The van der Waals surface area contributed by atoms with Crippen LogP contribution in [0.25, 0.3) is 22.4 Å². The van der Waals surface area contributed by atoms with E-state index in [1.165, 1.54) is 0 Å². The molecule has 0 aliphatic carbocycles. The molecule has 0 bridgehead atoms. The van der Waals surface area contributed by atoms with Gasteiger partial charge in [-0.2, -0.15) is 26.3 Å². The molecule has 0 radical (unpaired) electrons. The van der Waals surface area contributed by atoms with Gasteiger partial charge in [-0.3, -0.25) is 0 Å². The van der Waals surface area contributed by atoms with Gasteiger partial charge in [-0.1, -0.05) is 46.4 Å². The molecule has 0 aliphatic rings. The van der Waals surface area contributed by atoms with Crippen molar-refractivity contribution in [3.8, 4) is 11.4 Å². The van der Waals surface area contributed by atoms with Crippen molar-refractivity contribution >= 4 is 57.4 Å². The predicted octanol–water partition coefficient (Wildman–Crippen LogP) is 7.88. The summed E-state index contributed by atoms with van der Waals surface area (Å²) in [5.41, 5.74) is -3.45. The van der Waals surface area contributed by atoms with Crippen molar-refractivity contribution in [3.63, 3.8) is 0 Å². The van der Waals surface area contributed by atoms with Gasteiger partial charge >= 0.3 is 12.4 Å². The van der Waals surface area contributed by atoms with E-state index in [-0.39, 0.29) is 43.0 Å². The Bertz CT molecular complexity index is 978. The lowest BCUT2D eigenvalue weighted by Crippen LogP contribution is -2.11. The van der Waals surface area contributed by atoms with Gasteiger partial charge in [0.15, 0.2) is 0 Å². The summed E-state index contributed by atoms with van der Waals surface area (Å²) in [5, 5.41) is -0.547. The maximum atomic E-state index is 13.0. The van der Waals surface area contributed by atoms with Crippen molar-refractivity contribution in [1.82, 2.24) is 9.97 Å². The van der Waals surface area contributed by atoms with Gasteiger partial charge in [0.25, 0.3) is 0 Å². The summed E-state index contributed by atoms with van der Waals surface area (Å²) in [6.45, 7) is 0. The fourth-order valence-electron chi connectivity index (χ4n) is 2.33. The van der Waals surface area contributed by atoms with E-state index in [0.717, 1.165) is 0 Å². The molecule has 0 atom stereocenters. The topological polar surface area (TPSA) is 28.7 Å². The number of benzene rings is 2. The predicted molar refractivity (Wildman–Crippen MR) is 91.6 cm³/mol. The number of aromatic nitrogens is 2. The molecular formula is C15H4Cl4F6N2. The molecule has 1 N–H and O–H groups in total. The van der Waals surface area contributed by atoms with Crippen molar-refractivity contribution < 1.29 is 26.3 Å². The van der Waals surface area contributed by atoms with Gasteiger partial charge in [0.1, 0.15) is 11.3 Å². The first-order chi connectivity index (χ1) is 12.3. The van der Waals surface area contributed by atoms with Gasteiger partial charge in [0, 0.05) is 5.56 Å². The van der Waals surface area contributed by atoms with Crippen LogP contribution in [-0.2, 0) is 12.4 Å². The summed E-state index contributed by atoms with van der Waals surface area (Å²) in [7, 11) is 0. The first-order valence-corrected chi connectivity index (χ1v) is 8.33. The van der Waals surface area contributed by atoms with E-state index in [0.29, 0.717) is 12.1 Å². The van der Waals surface area contributed by atoms with Crippen LogP contribution in [0.15, 0.2) is 18.2 Å². The molecule has 1 heterocycles. The van der Waals surface area contributed by atoms with Crippen LogP contribution in [0, 0.1) is 0 Å². The zero-order chi connectivity index (χ0) is 20.3. The van der Waals surface area contributed by atoms with Gasteiger partial charge in [-0.05, 0) is 18.2 Å². The SMILES string of the molecule is FC(F)(F)c1cc(-c2nc3c(Cl)c(Cl)c(Cl)c(Cl)c3[nH]2)cc(C(F)(F)F)c1. The van der Waals surface area contributed by atoms with Gasteiger partial charge in [0.2, 0.25) is 0 Å². The summed E-state index contributed by atoms with van der Waals surface area (Å²) in [6.07, 6.45) is -9.99. The van der Waals surface area contributed by atoms with E-state index in [4.69, 9.17) is 46.4 Å². The fourth-order valence-corrected chi connectivity index (χ4v) is 3.26. The fraction of sp³-hybridized carbons (Fsp3) is 0.133. The Morgan fingerprint density at radius 2 is 1.19 bits per heavy atom. The molecule has 2 nitrogen and oxygen atoms in total. The smallest absolute Gasteiger partial charge is 0.337 e. The second-order valence-electron chi connectivity index (χ2n) is 5.36. The molecule has 0 unspecified atom stereocenters. The van der Waals surface area contributed by atoms with E-state index in [1.807, 2.05) is 0 Å².